The van der Waals surface area contributed by atoms with E-state index in [4.69, 9.17) is 4.98 Å². The molecule has 1 amide bonds. The van der Waals surface area contributed by atoms with Gasteiger partial charge in [-0.1, -0.05) is 36.4 Å². The van der Waals surface area contributed by atoms with Gasteiger partial charge >= 0.3 is 0 Å². The molecule has 5 rings (SSSR count). The van der Waals surface area contributed by atoms with Crippen molar-refractivity contribution in [2.75, 3.05) is 13.1 Å². The summed E-state index contributed by atoms with van der Waals surface area (Å²) in [4.78, 5) is 28.3. The molecule has 1 fully saturated rings. The summed E-state index contributed by atoms with van der Waals surface area (Å²) in [5.41, 5.74) is 4.32. The van der Waals surface area contributed by atoms with Gasteiger partial charge in [0.2, 0.25) is 5.91 Å². The van der Waals surface area contributed by atoms with Gasteiger partial charge in [-0.3, -0.25) is 4.79 Å². The summed E-state index contributed by atoms with van der Waals surface area (Å²) in [5, 5.41) is 0. The molecular formula is C25H27N5O. The van der Waals surface area contributed by atoms with Crippen molar-refractivity contribution in [3.8, 4) is 0 Å². The van der Waals surface area contributed by atoms with Gasteiger partial charge in [-0.2, -0.15) is 0 Å². The number of rotatable bonds is 4. The summed E-state index contributed by atoms with van der Waals surface area (Å²) in [6.45, 7) is 5.50. The van der Waals surface area contributed by atoms with Crippen molar-refractivity contribution >= 4 is 16.9 Å². The third-order valence-electron chi connectivity index (χ3n) is 6.34. The number of piperidine rings is 1. The summed E-state index contributed by atoms with van der Waals surface area (Å²) in [7, 11) is 0. The van der Waals surface area contributed by atoms with Crippen LogP contribution in [0.25, 0.3) is 11.0 Å². The number of benzene rings is 2. The minimum absolute atomic E-state index is 0.131. The number of likely N-dealkylation sites (tertiary alicyclic amines) is 1. The zero-order chi connectivity index (χ0) is 21.4. The Labute approximate surface area is 181 Å². The fourth-order valence-corrected chi connectivity index (χ4v) is 4.60. The Kier molecular flexibility index (Phi) is 5.06. The lowest BCUT2D eigenvalue weighted by atomic mass is 9.95. The number of hydrogen-bond donors (Lipinski definition) is 1. The van der Waals surface area contributed by atoms with Crippen LogP contribution in [0.3, 0.4) is 0 Å². The number of fused-ring (bicyclic) bond motifs is 1. The zero-order valence-electron chi connectivity index (χ0n) is 18.0. The second kappa shape index (κ2) is 8.02. The molecule has 1 unspecified atom stereocenters. The summed E-state index contributed by atoms with van der Waals surface area (Å²) < 4.78 is 1.98. The van der Waals surface area contributed by atoms with Gasteiger partial charge in [-0.05, 0) is 49.9 Å². The number of hydrogen-bond acceptors (Lipinski definition) is 3. The van der Waals surface area contributed by atoms with E-state index in [0.717, 1.165) is 54.2 Å². The monoisotopic (exact) mass is 413 g/mol. The first-order chi connectivity index (χ1) is 15.1. The number of carbonyl (C=O) groups is 1. The lowest BCUT2D eigenvalue weighted by molar-refractivity contribution is -0.134. The van der Waals surface area contributed by atoms with Gasteiger partial charge in [0, 0.05) is 31.4 Å². The lowest BCUT2D eigenvalue weighted by Crippen LogP contribution is -2.42. The Balaban J connectivity index is 1.34. The van der Waals surface area contributed by atoms with Crippen LogP contribution in [-0.2, 0) is 4.79 Å². The molecule has 0 radical (unpaired) electrons. The molecule has 158 valence electrons. The average molecular weight is 414 g/mol. The minimum atomic E-state index is -0.380. The highest BCUT2D eigenvalue weighted by atomic mass is 16.2. The van der Waals surface area contributed by atoms with Crippen LogP contribution < -0.4 is 0 Å². The van der Waals surface area contributed by atoms with Crippen LogP contribution in [0.15, 0.2) is 60.9 Å². The number of nitrogens with zero attached hydrogens (tertiary/aromatic N) is 4. The Bertz CT molecular complexity index is 1200. The van der Waals surface area contributed by atoms with Crippen molar-refractivity contribution in [3.05, 3.63) is 83.7 Å². The molecule has 4 aromatic rings. The van der Waals surface area contributed by atoms with Crippen LogP contribution >= 0.6 is 0 Å². The normalized spacial score (nSPS) is 16.0. The van der Waals surface area contributed by atoms with Crippen LogP contribution in [0.5, 0.6) is 0 Å². The van der Waals surface area contributed by atoms with E-state index in [0.29, 0.717) is 5.92 Å². The zero-order valence-corrected chi connectivity index (χ0v) is 18.0. The second-order valence-corrected chi connectivity index (χ2v) is 8.44. The van der Waals surface area contributed by atoms with Gasteiger partial charge in [-0.25, -0.2) is 9.97 Å². The summed E-state index contributed by atoms with van der Waals surface area (Å²) in [6, 6.07) is 15.9. The topological polar surface area (TPSA) is 66.8 Å². The third kappa shape index (κ3) is 3.74. The molecule has 0 spiro atoms. The largest absolute Gasteiger partial charge is 0.342 e. The van der Waals surface area contributed by atoms with Crippen molar-refractivity contribution in [2.24, 2.45) is 0 Å². The SMILES string of the molecule is Cc1ccc2nc(C3CCN(C(=O)C(c4ccccc4)n4ccnc4C)CC3)[nH]c2c1. The van der Waals surface area contributed by atoms with Gasteiger partial charge in [-0.15, -0.1) is 0 Å². The minimum Gasteiger partial charge on any atom is -0.342 e. The van der Waals surface area contributed by atoms with Gasteiger partial charge < -0.3 is 14.5 Å². The molecule has 1 aliphatic heterocycles. The molecule has 0 bridgehead atoms. The molecule has 0 saturated carbocycles. The fourth-order valence-electron chi connectivity index (χ4n) is 4.60. The number of aryl methyl sites for hydroxylation is 2. The van der Waals surface area contributed by atoms with E-state index in [9.17, 15) is 4.79 Å². The standard InChI is InChI=1S/C25H27N5O/c1-17-8-9-21-22(16-17)28-24(27-21)20-10-13-29(14-11-20)25(31)23(19-6-4-3-5-7-19)30-15-12-26-18(30)2/h3-9,12,15-16,20,23H,10-11,13-14H2,1-2H3,(H,27,28). The molecule has 6 heteroatoms. The van der Waals surface area contributed by atoms with Crippen LogP contribution in [0.1, 0.15) is 47.6 Å². The Hall–Kier alpha value is -3.41. The Morgan fingerprint density at radius 1 is 1.10 bits per heavy atom. The van der Waals surface area contributed by atoms with Crippen LogP contribution in [-0.4, -0.2) is 43.4 Å². The van der Waals surface area contributed by atoms with Crippen molar-refractivity contribution in [3.63, 3.8) is 0 Å². The number of H-pyrrole nitrogens is 1. The van der Waals surface area contributed by atoms with Gasteiger partial charge in [0.25, 0.3) is 0 Å². The van der Waals surface area contributed by atoms with Crippen molar-refractivity contribution in [2.45, 2.75) is 38.6 Å². The molecule has 6 nitrogen and oxygen atoms in total. The smallest absolute Gasteiger partial charge is 0.250 e. The van der Waals surface area contributed by atoms with Gasteiger partial charge in [0.1, 0.15) is 17.7 Å². The van der Waals surface area contributed by atoms with E-state index < -0.39 is 0 Å². The van der Waals surface area contributed by atoms with Gasteiger partial charge in [0.15, 0.2) is 0 Å². The van der Waals surface area contributed by atoms with Crippen LogP contribution in [0.2, 0.25) is 0 Å². The molecule has 31 heavy (non-hydrogen) atoms. The quantitative estimate of drug-likeness (QED) is 0.540. The van der Waals surface area contributed by atoms with Crippen molar-refractivity contribution in [1.82, 2.24) is 24.4 Å². The Morgan fingerprint density at radius 2 is 1.87 bits per heavy atom. The van der Waals surface area contributed by atoms with E-state index >= 15 is 0 Å². The number of imidazole rings is 2. The molecule has 1 aliphatic rings. The van der Waals surface area contributed by atoms with Crippen molar-refractivity contribution < 1.29 is 4.79 Å². The maximum Gasteiger partial charge on any atom is 0.250 e. The maximum absolute atomic E-state index is 13.6. The highest BCUT2D eigenvalue weighted by Crippen LogP contribution is 2.30. The van der Waals surface area contributed by atoms with E-state index in [2.05, 4.69) is 35.1 Å². The van der Waals surface area contributed by atoms with Crippen molar-refractivity contribution in [1.29, 1.82) is 0 Å². The molecule has 2 aromatic carbocycles. The first-order valence-corrected chi connectivity index (χ1v) is 10.9. The van der Waals surface area contributed by atoms with E-state index in [1.54, 1.807) is 6.20 Å². The summed E-state index contributed by atoms with van der Waals surface area (Å²) >= 11 is 0. The maximum atomic E-state index is 13.6. The molecule has 0 aliphatic carbocycles. The first kappa shape index (κ1) is 19.5. The lowest BCUT2D eigenvalue weighted by Gasteiger charge is -2.34. The molecular weight excluding hydrogens is 386 g/mol. The van der Waals surface area contributed by atoms with E-state index in [-0.39, 0.29) is 11.9 Å². The van der Waals surface area contributed by atoms with E-state index in [1.165, 1.54) is 5.56 Å². The predicted molar refractivity (Wildman–Crippen MR) is 121 cm³/mol. The molecule has 1 atom stereocenters. The number of amides is 1. The van der Waals surface area contributed by atoms with Gasteiger partial charge in [0.05, 0.1) is 11.0 Å². The number of aromatic amines is 1. The third-order valence-corrected chi connectivity index (χ3v) is 6.34. The van der Waals surface area contributed by atoms with Crippen LogP contribution in [0, 0.1) is 13.8 Å². The second-order valence-electron chi connectivity index (χ2n) is 8.44. The molecule has 3 heterocycles. The van der Waals surface area contributed by atoms with Crippen LogP contribution in [0.4, 0.5) is 0 Å². The fraction of sp³-hybridized carbons (Fsp3) is 0.320. The summed E-state index contributed by atoms with van der Waals surface area (Å²) in [6.07, 6.45) is 5.48. The average Bonchev–Trinajstić information content (AvgIpc) is 3.41. The Morgan fingerprint density at radius 3 is 2.58 bits per heavy atom. The molecule has 1 N–H and O–H groups in total. The number of carbonyl (C=O) groups excluding carboxylic acids is 1. The predicted octanol–water partition coefficient (Wildman–Crippen LogP) is 4.37. The number of nitrogens with one attached hydrogen (secondary N) is 1. The highest BCUT2D eigenvalue weighted by molar-refractivity contribution is 5.84. The molecule has 1 saturated heterocycles. The first-order valence-electron chi connectivity index (χ1n) is 10.9. The molecule has 2 aromatic heterocycles. The highest BCUT2D eigenvalue weighted by Gasteiger charge is 2.32. The van der Waals surface area contributed by atoms with E-state index in [1.807, 2.05) is 52.9 Å². The number of aromatic nitrogens is 4. The summed E-state index contributed by atoms with van der Waals surface area (Å²) in [5.74, 6) is 2.36.